The van der Waals surface area contributed by atoms with Crippen molar-refractivity contribution < 1.29 is 9.53 Å². The van der Waals surface area contributed by atoms with Gasteiger partial charge in [-0.15, -0.1) is 0 Å². The first-order valence-electron chi connectivity index (χ1n) is 7.72. The van der Waals surface area contributed by atoms with Gasteiger partial charge in [-0.3, -0.25) is 0 Å². The molecule has 23 heavy (non-hydrogen) atoms. The predicted octanol–water partition coefficient (Wildman–Crippen LogP) is 0.725. The number of aromatic nitrogens is 4. The van der Waals surface area contributed by atoms with Crippen molar-refractivity contribution in [1.82, 2.24) is 24.4 Å². The van der Waals surface area contributed by atoms with E-state index in [0.29, 0.717) is 17.8 Å². The maximum atomic E-state index is 10.4. The van der Waals surface area contributed by atoms with Crippen LogP contribution < -0.4 is 5.73 Å². The van der Waals surface area contributed by atoms with Gasteiger partial charge in [-0.05, 0) is 26.4 Å². The van der Waals surface area contributed by atoms with E-state index >= 15 is 0 Å². The fourth-order valence-electron chi connectivity index (χ4n) is 2.51. The molecular weight excluding hydrogens is 296 g/mol. The Kier molecular flexibility index (Phi) is 6.42. The lowest BCUT2D eigenvalue weighted by molar-refractivity contribution is -0.108. The number of likely N-dealkylation sites (N-methyl/N-ethyl adjacent to an activating group) is 1. The van der Waals surface area contributed by atoms with E-state index in [1.807, 2.05) is 11.6 Å². The predicted molar refractivity (Wildman–Crippen MR) is 87.9 cm³/mol. The van der Waals surface area contributed by atoms with Crippen LogP contribution in [0.25, 0.3) is 11.2 Å². The molecule has 0 aliphatic carbocycles. The molecule has 0 bridgehead atoms. The Hall–Kier alpha value is -2.06. The van der Waals surface area contributed by atoms with Gasteiger partial charge in [0, 0.05) is 26.6 Å². The van der Waals surface area contributed by atoms with Crippen LogP contribution in [-0.4, -0.2) is 64.1 Å². The molecule has 8 nitrogen and oxygen atoms in total. The summed E-state index contributed by atoms with van der Waals surface area (Å²) in [6.07, 6.45) is 6.56. The SMILES string of the molecule is COC(CCn1cnc2c(N)ncnc21)CN(C)CCCC=O. The van der Waals surface area contributed by atoms with Gasteiger partial charge in [-0.2, -0.15) is 0 Å². The van der Waals surface area contributed by atoms with Crippen molar-refractivity contribution in [2.45, 2.75) is 31.9 Å². The van der Waals surface area contributed by atoms with Gasteiger partial charge in [-0.25, -0.2) is 15.0 Å². The lowest BCUT2D eigenvalue weighted by Gasteiger charge is -2.23. The number of aldehydes is 1. The van der Waals surface area contributed by atoms with Crippen molar-refractivity contribution in [3.63, 3.8) is 0 Å². The van der Waals surface area contributed by atoms with Crippen molar-refractivity contribution in [3.8, 4) is 0 Å². The van der Waals surface area contributed by atoms with E-state index in [-0.39, 0.29) is 6.10 Å². The largest absolute Gasteiger partial charge is 0.382 e. The molecule has 0 saturated heterocycles. The number of rotatable bonds is 10. The van der Waals surface area contributed by atoms with Gasteiger partial charge in [0.15, 0.2) is 11.5 Å². The van der Waals surface area contributed by atoms with E-state index in [9.17, 15) is 4.79 Å². The Morgan fingerprint density at radius 1 is 1.43 bits per heavy atom. The normalized spacial score (nSPS) is 12.8. The third-order valence-corrected chi connectivity index (χ3v) is 3.83. The van der Waals surface area contributed by atoms with Gasteiger partial charge in [0.2, 0.25) is 0 Å². The van der Waals surface area contributed by atoms with Crippen LogP contribution in [-0.2, 0) is 16.1 Å². The van der Waals surface area contributed by atoms with E-state index in [1.165, 1.54) is 6.33 Å². The molecule has 0 aliphatic heterocycles. The first kappa shape index (κ1) is 17.3. The zero-order valence-electron chi connectivity index (χ0n) is 13.7. The quantitative estimate of drug-likeness (QED) is 0.509. The third kappa shape index (κ3) is 4.70. The Morgan fingerprint density at radius 3 is 3.00 bits per heavy atom. The lowest BCUT2D eigenvalue weighted by atomic mass is 10.2. The highest BCUT2D eigenvalue weighted by molar-refractivity contribution is 5.80. The summed E-state index contributed by atoms with van der Waals surface area (Å²) in [6.45, 7) is 2.45. The zero-order valence-corrected chi connectivity index (χ0v) is 13.7. The highest BCUT2D eigenvalue weighted by Crippen LogP contribution is 2.15. The van der Waals surface area contributed by atoms with Crippen LogP contribution in [0.5, 0.6) is 0 Å². The number of carbonyl (C=O) groups is 1. The second-order valence-electron chi connectivity index (χ2n) is 5.59. The standard InChI is InChI=1S/C15H24N6O2/c1-20(6-3-4-8-22)9-12(23-2)5-7-21-11-19-13-14(16)17-10-18-15(13)21/h8,10-12H,3-7,9H2,1-2H3,(H2,16,17,18). The maximum Gasteiger partial charge on any atom is 0.165 e. The molecule has 2 heterocycles. The molecule has 2 aromatic rings. The average Bonchev–Trinajstić information content (AvgIpc) is 2.96. The first-order valence-corrected chi connectivity index (χ1v) is 7.72. The van der Waals surface area contributed by atoms with Crippen molar-refractivity contribution in [3.05, 3.63) is 12.7 Å². The van der Waals surface area contributed by atoms with Gasteiger partial charge in [0.1, 0.15) is 18.1 Å². The van der Waals surface area contributed by atoms with E-state index in [1.54, 1.807) is 13.4 Å². The molecule has 126 valence electrons. The fourth-order valence-corrected chi connectivity index (χ4v) is 2.51. The van der Waals surface area contributed by atoms with E-state index in [0.717, 1.165) is 44.4 Å². The number of hydrogen-bond acceptors (Lipinski definition) is 7. The van der Waals surface area contributed by atoms with Gasteiger partial charge >= 0.3 is 0 Å². The maximum absolute atomic E-state index is 10.4. The van der Waals surface area contributed by atoms with Crippen LogP contribution in [0.1, 0.15) is 19.3 Å². The average molecular weight is 320 g/mol. The minimum atomic E-state index is 0.105. The number of nitrogen functional groups attached to an aromatic ring is 1. The lowest BCUT2D eigenvalue weighted by Crippen LogP contribution is -2.32. The van der Waals surface area contributed by atoms with Crippen LogP contribution in [0, 0.1) is 0 Å². The highest BCUT2D eigenvalue weighted by Gasteiger charge is 2.13. The number of carbonyl (C=O) groups excluding carboxylic acids is 1. The summed E-state index contributed by atoms with van der Waals surface area (Å²) >= 11 is 0. The van der Waals surface area contributed by atoms with Gasteiger partial charge < -0.3 is 24.7 Å². The molecule has 8 heteroatoms. The number of ether oxygens (including phenoxy) is 1. The fraction of sp³-hybridized carbons (Fsp3) is 0.600. The summed E-state index contributed by atoms with van der Waals surface area (Å²) in [5.41, 5.74) is 7.17. The van der Waals surface area contributed by atoms with Crippen molar-refractivity contribution in [2.75, 3.05) is 33.0 Å². The molecule has 0 amide bonds. The summed E-state index contributed by atoms with van der Waals surface area (Å²) < 4.78 is 7.52. The van der Waals surface area contributed by atoms with Crippen molar-refractivity contribution >= 4 is 23.3 Å². The Morgan fingerprint density at radius 2 is 2.26 bits per heavy atom. The summed E-state index contributed by atoms with van der Waals surface area (Å²) in [5, 5.41) is 0. The van der Waals surface area contributed by atoms with Crippen LogP contribution in [0.4, 0.5) is 5.82 Å². The number of aryl methyl sites for hydroxylation is 1. The Bertz CT molecular complexity index is 629. The molecule has 0 spiro atoms. The Labute approximate surface area is 135 Å². The molecule has 1 atom stereocenters. The van der Waals surface area contributed by atoms with Gasteiger partial charge in [-0.1, -0.05) is 0 Å². The molecule has 0 saturated carbocycles. The number of unbranched alkanes of at least 4 members (excludes halogenated alkanes) is 1. The molecule has 0 aromatic carbocycles. The van der Waals surface area contributed by atoms with Crippen molar-refractivity contribution in [2.24, 2.45) is 0 Å². The van der Waals surface area contributed by atoms with E-state index in [2.05, 4.69) is 19.9 Å². The molecule has 0 radical (unpaired) electrons. The number of anilines is 1. The van der Waals surface area contributed by atoms with Crippen LogP contribution in [0.15, 0.2) is 12.7 Å². The van der Waals surface area contributed by atoms with Crippen LogP contribution in [0.3, 0.4) is 0 Å². The number of methoxy groups -OCH3 is 1. The number of imidazole rings is 1. The second kappa shape index (κ2) is 8.54. The molecular formula is C15H24N6O2. The molecule has 2 rings (SSSR count). The van der Waals surface area contributed by atoms with Gasteiger partial charge in [0.25, 0.3) is 0 Å². The summed E-state index contributed by atoms with van der Waals surface area (Å²) in [7, 11) is 3.76. The third-order valence-electron chi connectivity index (χ3n) is 3.83. The summed E-state index contributed by atoms with van der Waals surface area (Å²) in [5.74, 6) is 0.395. The molecule has 0 fully saturated rings. The van der Waals surface area contributed by atoms with E-state index in [4.69, 9.17) is 10.5 Å². The summed E-state index contributed by atoms with van der Waals surface area (Å²) in [6, 6.07) is 0. The number of nitrogens with zero attached hydrogens (tertiary/aromatic N) is 5. The number of nitrogens with two attached hydrogens (primary N) is 1. The Balaban J connectivity index is 1.89. The molecule has 2 aromatic heterocycles. The minimum absolute atomic E-state index is 0.105. The van der Waals surface area contributed by atoms with Crippen molar-refractivity contribution in [1.29, 1.82) is 0 Å². The first-order chi connectivity index (χ1) is 11.2. The monoisotopic (exact) mass is 320 g/mol. The summed E-state index contributed by atoms with van der Waals surface area (Å²) in [4.78, 5) is 25.0. The second-order valence-corrected chi connectivity index (χ2v) is 5.59. The highest BCUT2D eigenvalue weighted by atomic mass is 16.5. The molecule has 0 aliphatic rings. The molecule has 2 N–H and O–H groups in total. The van der Waals surface area contributed by atoms with Crippen LogP contribution in [0.2, 0.25) is 0 Å². The minimum Gasteiger partial charge on any atom is -0.382 e. The smallest absolute Gasteiger partial charge is 0.165 e. The van der Waals surface area contributed by atoms with Gasteiger partial charge in [0.05, 0.1) is 12.4 Å². The molecule has 1 unspecified atom stereocenters. The van der Waals surface area contributed by atoms with Crippen LogP contribution >= 0.6 is 0 Å². The van der Waals surface area contributed by atoms with E-state index < -0.39 is 0 Å². The number of hydrogen-bond donors (Lipinski definition) is 1. The number of fused-ring (bicyclic) bond motifs is 1. The zero-order chi connectivity index (χ0) is 16.7. The topological polar surface area (TPSA) is 99.2 Å².